The average Bonchev–Trinajstić information content (AvgIpc) is 2.67. The van der Waals surface area contributed by atoms with E-state index < -0.39 is 0 Å². The first-order chi connectivity index (χ1) is 12.1. The van der Waals surface area contributed by atoms with Gasteiger partial charge in [0.25, 0.3) is 5.91 Å². The van der Waals surface area contributed by atoms with Crippen molar-refractivity contribution in [2.45, 2.75) is 0 Å². The Bertz CT molecular complexity index is 897. The maximum atomic E-state index is 12.0. The highest BCUT2D eigenvalue weighted by atomic mass is 16.2. The lowest BCUT2D eigenvalue weighted by molar-refractivity contribution is 0.0827. The minimum Gasteiger partial charge on any atom is -0.345 e. The van der Waals surface area contributed by atoms with E-state index in [0.717, 1.165) is 28.5 Å². The van der Waals surface area contributed by atoms with Gasteiger partial charge in [0.1, 0.15) is 0 Å². The van der Waals surface area contributed by atoms with Gasteiger partial charge in [0.05, 0.1) is 0 Å². The second kappa shape index (κ2) is 7.14. The van der Waals surface area contributed by atoms with Crippen molar-refractivity contribution < 1.29 is 9.59 Å². The van der Waals surface area contributed by atoms with E-state index in [4.69, 9.17) is 0 Å². The van der Waals surface area contributed by atoms with Gasteiger partial charge in [-0.1, -0.05) is 54.6 Å². The van der Waals surface area contributed by atoms with Gasteiger partial charge in [-0.05, 0) is 40.5 Å². The highest BCUT2D eigenvalue weighted by Gasteiger charge is 2.10. The normalized spacial score (nSPS) is 10.3. The van der Waals surface area contributed by atoms with Crippen molar-refractivity contribution in [3.63, 3.8) is 0 Å². The van der Waals surface area contributed by atoms with E-state index in [0.29, 0.717) is 11.1 Å². The first-order valence-corrected chi connectivity index (χ1v) is 8.07. The summed E-state index contributed by atoms with van der Waals surface area (Å²) in [5.74, 6) is -0.0282. The quantitative estimate of drug-likeness (QED) is 0.659. The van der Waals surface area contributed by atoms with Gasteiger partial charge in [0.2, 0.25) is 0 Å². The number of carbonyl (C=O) groups excluding carboxylic acids is 2. The average molecular weight is 329 g/mol. The van der Waals surface area contributed by atoms with E-state index in [-0.39, 0.29) is 5.91 Å². The second-order valence-electron chi connectivity index (χ2n) is 6.06. The number of carbonyl (C=O) groups is 2. The lowest BCUT2D eigenvalue weighted by Crippen LogP contribution is -2.21. The number of aldehydes is 1. The molecule has 0 radical (unpaired) electrons. The van der Waals surface area contributed by atoms with Crippen molar-refractivity contribution in [2.24, 2.45) is 0 Å². The summed E-state index contributed by atoms with van der Waals surface area (Å²) in [5, 5.41) is 0. The Morgan fingerprint density at radius 3 is 2.04 bits per heavy atom. The van der Waals surface area contributed by atoms with Crippen LogP contribution in [-0.2, 0) is 0 Å². The number of benzene rings is 3. The molecule has 0 saturated carbocycles. The first kappa shape index (κ1) is 16.7. The fraction of sp³-hybridized carbons (Fsp3) is 0.0909. The molecule has 0 N–H and O–H groups in total. The number of hydrogen-bond donors (Lipinski definition) is 0. The fourth-order valence-electron chi connectivity index (χ4n) is 2.78. The Kier molecular flexibility index (Phi) is 4.75. The number of hydrogen-bond acceptors (Lipinski definition) is 2. The maximum Gasteiger partial charge on any atom is 0.253 e. The zero-order valence-electron chi connectivity index (χ0n) is 14.3. The zero-order valence-corrected chi connectivity index (χ0v) is 14.3. The van der Waals surface area contributed by atoms with E-state index in [9.17, 15) is 9.59 Å². The molecule has 124 valence electrons. The Hall–Kier alpha value is -3.20. The molecule has 0 bridgehead atoms. The van der Waals surface area contributed by atoms with Crippen LogP contribution in [-0.4, -0.2) is 31.2 Å². The predicted octanol–water partition coefficient (Wildman–Crippen LogP) is 4.53. The lowest BCUT2D eigenvalue weighted by Gasteiger charge is -2.11. The summed E-state index contributed by atoms with van der Waals surface area (Å²) in [5.41, 5.74) is 5.15. The molecule has 3 heteroatoms. The highest BCUT2D eigenvalue weighted by Crippen LogP contribution is 2.28. The summed E-state index contributed by atoms with van der Waals surface area (Å²) < 4.78 is 0. The molecule has 0 aromatic heterocycles. The number of rotatable bonds is 4. The Morgan fingerprint density at radius 2 is 1.44 bits per heavy atom. The SMILES string of the molecule is CN(C)C(=O)c1ccc(-c2ccc(-c3ccccc3)c(C=O)c2)cc1. The van der Waals surface area contributed by atoms with Crippen LogP contribution >= 0.6 is 0 Å². The summed E-state index contributed by atoms with van der Waals surface area (Å²) in [6.45, 7) is 0. The highest BCUT2D eigenvalue weighted by molar-refractivity contribution is 5.94. The molecule has 0 aliphatic heterocycles. The van der Waals surface area contributed by atoms with E-state index in [1.54, 1.807) is 19.0 Å². The van der Waals surface area contributed by atoms with Crippen LogP contribution in [0, 0.1) is 0 Å². The molecule has 3 rings (SSSR count). The van der Waals surface area contributed by atoms with Gasteiger partial charge >= 0.3 is 0 Å². The third-order valence-corrected chi connectivity index (χ3v) is 4.13. The molecule has 0 unspecified atom stereocenters. The van der Waals surface area contributed by atoms with Crippen LogP contribution in [0.25, 0.3) is 22.3 Å². The molecule has 0 saturated heterocycles. The van der Waals surface area contributed by atoms with Crippen LogP contribution in [0.1, 0.15) is 20.7 Å². The fourth-order valence-corrected chi connectivity index (χ4v) is 2.78. The molecule has 25 heavy (non-hydrogen) atoms. The second-order valence-corrected chi connectivity index (χ2v) is 6.06. The number of nitrogens with zero attached hydrogens (tertiary/aromatic N) is 1. The van der Waals surface area contributed by atoms with Gasteiger partial charge in [-0.2, -0.15) is 0 Å². The molecule has 0 atom stereocenters. The largest absolute Gasteiger partial charge is 0.345 e. The standard InChI is InChI=1S/C22H19NO2/c1-23(2)22(25)18-10-8-16(9-11-18)19-12-13-21(20(14-19)15-24)17-6-4-3-5-7-17/h3-15H,1-2H3. The lowest BCUT2D eigenvalue weighted by atomic mass is 9.95. The predicted molar refractivity (Wildman–Crippen MR) is 101 cm³/mol. The Morgan fingerprint density at radius 1 is 0.800 bits per heavy atom. The first-order valence-electron chi connectivity index (χ1n) is 8.07. The van der Waals surface area contributed by atoms with E-state index in [2.05, 4.69) is 0 Å². The summed E-state index contributed by atoms with van der Waals surface area (Å²) in [6.07, 6.45) is 0.885. The van der Waals surface area contributed by atoms with Crippen molar-refractivity contribution >= 4 is 12.2 Å². The molecular weight excluding hydrogens is 310 g/mol. The smallest absolute Gasteiger partial charge is 0.253 e. The molecule has 0 aliphatic rings. The van der Waals surface area contributed by atoms with E-state index in [1.807, 2.05) is 72.8 Å². The van der Waals surface area contributed by atoms with Crippen molar-refractivity contribution in [2.75, 3.05) is 14.1 Å². The van der Waals surface area contributed by atoms with E-state index >= 15 is 0 Å². The topological polar surface area (TPSA) is 37.4 Å². The van der Waals surface area contributed by atoms with Gasteiger partial charge in [0, 0.05) is 25.2 Å². The Balaban J connectivity index is 1.96. The molecule has 0 spiro atoms. The monoisotopic (exact) mass is 329 g/mol. The maximum absolute atomic E-state index is 12.0. The molecule has 0 aliphatic carbocycles. The number of amides is 1. The van der Waals surface area contributed by atoms with Crippen molar-refractivity contribution in [3.05, 3.63) is 83.9 Å². The molecule has 3 aromatic carbocycles. The summed E-state index contributed by atoms with van der Waals surface area (Å²) >= 11 is 0. The van der Waals surface area contributed by atoms with Crippen LogP contribution in [0.15, 0.2) is 72.8 Å². The summed E-state index contributed by atoms with van der Waals surface area (Å²) in [7, 11) is 3.46. The van der Waals surface area contributed by atoms with Crippen LogP contribution in [0.3, 0.4) is 0 Å². The van der Waals surface area contributed by atoms with Crippen molar-refractivity contribution in [3.8, 4) is 22.3 Å². The third-order valence-electron chi connectivity index (χ3n) is 4.13. The van der Waals surface area contributed by atoms with Gasteiger partial charge < -0.3 is 4.90 Å². The summed E-state index contributed by atoms with van der Waals surface area (Å²) in [6, 6.07) is 23.1. The van der Waals surface area contributed by atoms with Gasteiger partial charge in [-0.15, -0.1) is 0 Å². The summed E-state index contributed by atoms with van der Waals surface area (Å²) in [4.78, 5) is 25.1. The van der Waals surface area contributed by atoms with Crippen molar-refractivity contribution in [1.82, 2.24) is 4.90 Å². The molecular formula is C22H19NO2. The minimum absolute atomic E-state index is 0.0282. The molecule has 3 nitrogen and oxygen atoms in total. The van der Waals surface area contributed by atoms with Crippen LogP contribution in [0.5, 0.6) is 0 Å². The van der Waals surface area contributed by atoms with Gasteiger partial charge in [0.15, 0.2) is 6.29 Å². The van der Waals surface area contributed by atoms with Gasteiger partial charge in [-0.25, -0.2) is 0 Å². The molecule has 0 fully saturated rings. The third kappa shape index (κ3) is 3.50. The van der Waals surface area contributed by atoms with Gasteiger partial charge in [-0.3, -0.25) is 9.59 Å². The zero-order chi connectivity index (χ0) is 17.8. The molecule has 1 amide bonds. The van der Waals surface area contributed by atoms with Crippen LogP contribution < -0.4 is 0 Å². The van der Waals surface area contributed by atoms with Crippen LogP contribution in [0.2, 0.25) is 0 Å². The van der Waals surface area contributed by atoms with Crippen LogP contribution in [0.4, 0.5) is 0 Å². The van der Waals surface area contributed by atoms with Crippen molar-refractivity contribution in [1.29, 1.82) is 0 Å². The molecule has 3 aromatic rings. The Labute approximate surface area is 147 Å². The van der Waals surface area contributed by atoms with E-state index in [1.165, 1.54) is 0 Å². The minimum atomic E-state index is -0.0282. The molecule has 0 heterocycles.